The Hall–Kier alpha value is -2.18. The van der Waals surface area contributed by atoms with Crippen molar-refractivity contribution in [3.05, 3.63) is 68.7 Å². The van der Waals surface area contributed by atoms with Gasteiger partial charge in [0.2, 0.25) is 4.80 Å². The highest BCUT2D eigenvalue weighted by Crippen LogP contribution is 2.22. The Morgan fingerprint density at radius 3 is 2.29 bits per heavy atom. The molecule has 28 heavy (non-hydrogen) atoms. The molecule has 0 N–H and O–H groups in total. The first-order valence-corrected chi connectivity index (χ1v) is 11.2. The van der Waals surface area contributed by atoms with Gasteiger partial charge in [-0.25, -0.2) is 4.68 Å². The standard InChI is InChI=1S/C22H25BrN4S/c1-4-24-22-27(21(16-28-22)18-9-11-19(23)12-10-18)25-15-17-7-13-20(14-8-17)26(5-2)6-3/h7-16H,4-6H2,1-3H3. The topological polar surface area (TPSA) is 32.9 Å². The number of nitrogens with zero attached hydrogens (tertiary/aromatic N) is 4. The maximum Gasteiger partial charge on any atom is 0.206 e. The van der Waals surface area contributed by atoms with Crippen molar-refractivity contribution >= 4 is 39.2 Å². The van der Waals surface area contributed by atoms with Crippen molar-refractivity contribution in [1.82, 2.24) is 4.68 Å². The summed E-state index contributed by atoms with van der Waals surface area (Å²) >= 11 is 5.11. The van der Waals surface area contributed by atoms with Crippen LogP contribution in [-0.2, 0) is 0 Å². The molecule has 3 rings (SSSR count). The van der Waals surface area contributed by atoms with Crippen LogP contribution in [0.25, 0.3) is 11.3 Å². The van der Waals surface area contributed by atoms with Crippen molar-refractivity contribution in [2.24, 2.45) is 10.1 Å². The van der Waals surface area contributed by atoms with Gasteiger partial charge in [-0.05, 0) is 50.6 Å². The molecular formula is C22H25BrN4S. The molecule has 0 aliphatic heterocycles. The van der Waals surface area contributed by atoms with E-state index in [2.05, 4.69) is 81.4 Å². The largest absolute Gasteiger partial charge is 0.372 e. The van der Waals surface area contributed by atoms with Crippen LogP contribution in [0.4, 0.5) is 5.69 Å². The van der Waals surface area contributed by atoms with E-state index in [-0.39, 0.29) is 0 Å². The van der Waals surface area contributed by atoms with E-state index in [0.717, 1.165) is 45.7 Å². The highest BCUT2D eigenvalue weighted by Gasteiger charge is 2.07. The van der Waals surface area contributed by atoms with Crippen LogP contribution in [0.1, 0.15) is 26.3 Å². The molecule has 0 unspecified atom stereocenters. The van der Waals surface area contributed by atoms with E-state index in [0.29, 0.717) is 0 Å². The van der Waals surface area contributed by atoms with Gasteiger partial charge in [0.05, 0.1) is 11.9 Å². The fourth-order valence-corrected chi connectivity index (χ4v) is 4.12. The summed E-state index contributed by atoms with van der Waals surface area (Å²) in [5.74, 6) is 0. The number of anilines is 1. The molecule has 0 radical (unpaired) electrons. The van der Waals surface area contributed by atoms with Crippen molar-refractivity contribution in [2.45, 2.75) is 20.8 Å². The predicted molar refractivity (Wildman–Crippen MR) is 125 cm³/mol. The van der Waals surface area contributed by atoms with E-state index in [1.165, 1.54) is 5.69 Å². The van der Waals surface area contributed by atoms with Crippen molar-refractivity contribution in [1.29, 1.82) is 0 Å². The summed E-state index contributed by atoms with van der Waals surface area (Å²) in [6.45, 7) is 9.14. The van der Waals surface area contributed by atoms with Gasteiger partial charge < -0.3 is 4.90 Å². The Balaban J connectivity index is 1.93. The van der Waals surface area contributed by atoms with Crippen LogP contribution in [0.15, 0.2) is 68.5 Å². The molecular weight excluding hydrogens is 432 g/mol. The summed E-state index contributed by atoms with van der Waals surface area (Å²) in [6.07, 6.45) is 1.90. The summed E-state index contributed by atoms with van der Waals surface area (Å²) in [5.41, 5.74) is 4.47. The number of hydrogen-bond acceptors (Lipinski definition) is 4. The van der Waals surface area contributed by atoms with Crippen LogP contribution in [0.3, 0.4) is 0 Å². The SMILES string of the molecule is CCN=c1scc(-c2ccc(Br)cc2)n1N=Cc1ccc(N(CC)CC)cc1. The van der Waals surface area contributed by atoms with Gasteiger partial charge in [0.1, 0.15) is 0 Å². The lowest BCUT2D eigenvalue weighted by atomic mass is 10.2. The Morgan fingerprint density at radius 1 is 1.00 bits per heavy atom. The van der Waals surface area contributed by atoms with E-state index < -0.39 is 0 Å². The molecule has 4 nitrogen and oxygen atoms in total. The molecule has 146 valence electrons. The third-order valence-electron chi connectivity index (χ3n) is 4.46. The predicted octanol–water partition coefficient (Wildman–Crippen LogP) is 5.63. The van der Waals surface area contributed by atoms with Crippen molar-refractivity contribution in [3.8, 4) is 11.3 Å². The summed E-state index contributed by atoms with van der Waals surface area (Å²) in [5, 5.41) is 6.86. The lowest BCUT2D eigenvalue weighted by Gasteiger charge is -2.20. The first kappa shape index (κ1) is 20.6. The third-order valence-corrected chi connectivity index (χ3v) is 5.85. The van der Waals surface area contributed by atoms with Crippen LogP contribution in [0.5, 0.6) is 0 Å². The van der Waals surface area contributed by atoms with Gasteiger partial charge in [-0.15, -0.1) is 11.3 Å². The Labute approximate surface area is 179 Å². The minimum absolute atomic E-state index is 0.731. The zero-order valence-corrected chi connectivity index (χ0v) is 18.9. The fourth-order valence-electron chi connectivity index (χ4n) is 2.96. The van der Waals surface area contributed by atoms with Crippen molar-refractivity contribution in [2.75, 3.05) is 24.5 Å². The minimum Gasteiger partial charge on any atom is -0.372 e. The molecule has 0 amide bonds. The van der Waals surface area contributed by atoms with Crippen LogP contribution in [0, 0.1) is 0 Å². The van der Waals surface area contributed by atoms with Crippen molar-refractivity contribution < 1.29 is 0 Å². The van der Waals surface area contributed by atoms with Crippen LogP contribution < -0.4 is 9.70 Å². The fraction of sp³-hybridized carbons (Fsp3) is 0.273. The average Bonchev–Trinajstić information content (AvgIpc) is 3.12. The molecule has 6 heteroatoms. The van der Waals surface area contributed by atoms with Crippen molar-refractivity contribution in [3.63, 3.8) is 0 Å². The third kappa shape index (κ3) is 4.80. The number of thiazole rings is 1. The second-order valence-electron chi connectivity index (χ2n) is 6.20. The molecule has 0 fully saturated rings. The van der Waals surface area contributed by atoms with Gasteiger partial charge in [0, 0.05) is 40.7 Å². The molecule has 1 aromatic heterocycles. The highest BCUT2D eigenvalue weighted by atomic mass is 79.9. The molecule has 0 saturated heterocycles. The van der Waals surface area contributed by atoms with Gasteiger partial charge in [0.25, 0.3) is 0 Å². The van der Waals surface area contributed by atoms with Gasteiger partial charge >= 0.3 is 0 Å². The average molecular weight is 457 g/mol. The smallest absolute Gasteiger partial charge is 0.206 e. The second kappa shape index (κ2) is 9.85. The highest BCUT2D eigenvalue weighted by molar-refractivity contribution is 9.10. The zero-order chi connectivity index (χ0) is 19.9. The number of hydrogen-bond donors (Lipinski definition) is 0. The molecule has 0 aliphatic carbocycles. The van der Waals surface area contributed by atoms with Gasteiger partial charge in [-0.1, -0.05) is 40.2 Å². The van der Waals surface area contributed by atoms with E-state index in [9.17, 15) is 0 Å². The van der Waals surface area contributed by atoms with E-state index in [1.54, 1.807) is 11.3 Å². The second-order valence-corrected chi connectivity index (χ2v) is 7.96. The molecule has 0 saturated carbocycles. The first-order chi connectivity index (χ1) is 13.7. The van der Waals surface area contributed by atoms with Gasteiger partial charge in [0.15, 0.2) is 0 Å². The zero-order valence-electron chi connectivity index (χ0n) is 16.5. The normalized spacial score (nSPS) is 12.1. The van der Waals surface area contributed by atoms with E-state index in [1.807, 2.05) is 29.9 Å². The summed E-state index contributed by atoms with van der Waals surface area (Å²) in [7, 11) is 0. The summed E-state index contributed by atoms with van der Waals surface area (Å²) in [6, 6.07) is 16.8. The molecule has 0 bridgehead atoms. The Bertz CT molecular complexity index is 981. The van der Waals surface area contributed by atoms with E-state index in [4.69, 9.17) is 5.10 Å². The quantitative estimate of drug-likeness (QED) is 0.424. The molecule has 0 aliphatic rings. The number of benzene rings is 2. The van der Waals surface area contributed by atoms with Gasteiger partial charge in [-0.3, -0.25) is 4.99 Å². The molecule has 1 heterocycles. The monoisotopic (exact) mass is 456 g/mol. The number of rotatable bonds is 7. The maximum absolute atomic E-state index is 4.75. The molecule has 2 aromatic carbocycles. The molecule has 0 spiro atoms. The van der Waals surface area contributed by atoms with Gasteiger partial charge in [-0.2, -0.15) is 5.10 Å². The lowest BCUT2D eigenvalue weighted by Crippen LogP contribution is -2.21. The summed E-state index contributed by atoms with van der Waals surface area (Å²) in [4.78, 5) is 7.83. The van der Waals surface area contributed by atoms with E-state index >= 15 is 0 Å². The molecule has 0 atom stereocenters. The minimum atomic E-state index is 0.731. The lowest BCUT2D eigenvalue weighted by molar-refractivity contribution is 0.833. The Morgan fingerprint density at radius 2 is 1.68 bits per heavy atom. The number of halogens is 1. The van der Waals surface area contributed by atoms with Crippen LogP contribution in [0.2, 0.25) is 0 Å². The van der Waals surface area contributed by atoms with Crippen LogP contribution in [-0.4, -0.2) is 30.5 Å². The number of aromatic nitrogens is 1. The van der Waals surface area contributed by atoms with Crippen LogP contribution >= 0.6 is 27.3 Å². The maximum atomic E-state index is 4.75. The first-order valence-electron chi connectivity index (χ1n) is 9.52. The summed E-state index contributed by atoms with van der Waals surface area (Å²) < 4.78 is 2.99. The molecule has 3 aromatic rings. The Kier molecular flexibility index (Phi) is 7.23.